The molecule has 0 spiro atoms. The summed E-state index contributed by atoms with van der Waals surface area (Å²) >= 11 is 0. The van der Waals surface area contributed by atoms with Crippen molar-refractivity contribution in [1.29, 1.82) is 5.26 Å². The third kappa shape index (κ3) is 4.19. The molecule has 0 bridgehead atoms. The highest BCUT2D eigenvalue weighted by molar-refractivity contribution is 7.89. The average Bonchev–Trinajstić information content (AvgIpc) is 2.92. The van der Waals surface area contributed by atoms with Crippen LogP contribution in [-0.4, -0.2) is 39.5 Å². The largest absolute Gasteiger partial charge is 0.384 e. The van der Waals surface area contributed by atoms with E-state index in [1.165, 1.54) is 6.07 Å². The summed E-state index contributed by atoms with van der Waals surface area (Å²) in [6.07, 6.45) is 2.25. The highest BCUT2D eigenvalue weighted by Crippen LogP contribution is 2.23. The van der Waals surface area contributed by atoms with Crippen LogP contribution in [0.3, 0.4) is 0 Å². The number of likely N-dealkylation sites (tertiary alicyclic amines) is 1. The molecule has 3 N–H and O–H groups in total. The molecule has 1 atom stereocenters. The maximum Gasteiger partial charge on any atom is 0.240 e. The smallest absolute Gasteiger partial charge is 0.240 e. The zero-order valence-corrected chi connectivity index (χ0v) is 13.6. The minimum Gasteiger partial charge on any atom is -0.384 e. The fraction of sp³-hybridized carbons (Fsp3) is 0.533. The molecule has 1 unspecified atom stereocenters. The highest BCUT2D eigenvalue weighted by atomic mass is 32.2. The van der Waals surface area contributed by atoms with Gasteiger partial charge in [-0.05, 0) is 50.0 Å². The minimum atomic E-state index is -3.86. The van der Waals surface area contributed by atoms with Crippen LogP contribution < -0.4 is 10.5 Å². The summed E-state index contributed by atoms with van der Waals surface area (Å²) in [5, 5.41) is 17.3. The topological polar surface area (TPSA) is 99.2 Å². The van der Waals surface area contributed by atoms with Crippen LogP contribution in [-0.2, 0) is 10.0 Å². The zero-order valence-electron chi connectivity index (χ0n) is 12.7. The molecule has 22 heavy (non-hydrogen) atoms. The standard InChI is InChI=1S/C15H22N4O2S/c1-2-6-19-7-5-13(11-19)10-18-14-4-3-12(9-16)8-15(14)22(17,20)21/h3-4,8,13,18H,2,5-7,10-11H2,1H3,(H2,17,20,21). The molecule has 120 valence electrons. The lowest BCUT2D eigenvalue weighted by atomic mass is 10.1. The fourth-order valence-corrected chi connectivity index (χ4v) is 3.56. The molecule has 0 amide bonds. The summed E-state index contributed by atoms with van der Waals surface area (Å²) in [6, 6.07) is 6.44. The number of nitrogens with two attached hydrogens (primary N) is 1. The van der Waals surface area contributed by atoms with Crippen molar-refractivity contribution in [2.75, 3.05) is 31.5 Å². The van der Waals surface area contributed by atoms with E-state index in [0.29, 0.717) is 18.2 Å². The van der Waals surface area contributed by atoms with E-state index in [4.69, 9.17) is 10.4 Å². The Morgan fingerprint density at radius 2 is 2.27 bits per heavy atom. The Morgan fingerprint density at radius 3 is 2.91 bits per heavy atom. The van der Waals surface area contributed by atoms with E-state index in [0.717, 1.165) is 32.5 Å². The Morgan fingerprint density at radius 1 is 1.50 bits per heavy atom. The van der Waals surface area contributed by atoms with Gasteiger partial charge in [-0.25, -0.2) is 13.6 Å². The van der Waals surface area contributed by atoms with E-state index in [1.807, 2.05) is 6.07 Å². The SMILES string of the molecule is CCCN1CCC(CNc2ccc(C#N)cc2S(N)(=O)=O)C1. The predicted molar refractivity (Wildman–Crippen MR) is 85.9 cm³/mol. The number of anilines is 1. The van der Waals surface area contributed by atoms with Crippen LogP contribution in [0.25, 0.3) is 0 Å². The average molecular weight is 322 g/mol. The molecule has 1 fully saturated rings. The van der Waals surface area contributed by atoms with E-state index in [9.17, 15) is 8.42 Å². The number of nitrogens with one attached hydrogen (secondary N) is 1. The third-order valence-corrected chi connectivity index (χ3v) is 4.86. The first-order chi connectivity index (χ1) is 10.4. The van der Waals surface area contributed by atoms with Gasteiger partial charge in [-0.3, -0.25) is 0 Å². The number of hydrogen-bond donors (Lipinski definition) is 2. The summed E-state index contributed by atoms with van der Waals surface area (Å²) < 4.78 is 23.4. The van der Waals surface area contributed by atoms with Gasteiger partial charge in [0.2, 0.25) is 10.0 Å². The molecule has 0 aliphatic carbocycles. The molecule has 0 aromatic heterocycles. The summed E-state index contributed by atoms with van der Waals surface area (Å²) in [6.45, 7) is 6.10. The van der Waals surface area contributed by atoms with Crippen molar-refractivity contribution in [3.8, 4) is 6.07 Å². The molecule has 1 aliphatic rings. The van der Waals surface area contributed by atoms with E-state index in [1.54, 1.807) is 12.1 Å². The lowest BCUT2D eigenvalue weighted by Gasteiger charge is -2.16. The third-order valence-electron chi connectivity index (χ3n) is 3.91. The molecule has 1 heterocycles. The molecule has 1 saturated heterocycles. The Hall–Kier alpha value is -1.62. The second kappa shape index (κ2) is 7.09. The molecule has 1 aromatic carbocycles. The number of nitriles is 1. The molecule has 7 heteroatoms. The second-order valence-electron chi connectivity index (χ2n) is 5.70. The molecule has 0 radical (unpaired) electrons. The Balaban J connectivity index is 2.06. The lowest BCUT2D eigenvalue weighted by molar-refractivity contribution is 0.327. The van der Waals surface area contributed by atoms with Crippen molar-refractivity contribution in [2.45, 2.75) is 24.7 Å². The van der Waals surface area contributed by atoms with Crippen molar-refractivity contribution >= 4 is 15.7 Å². The van der Waals surface area contributed by atoms with Gasteiger partial charge in [0.25, 0.3) is 0 Å². The van der Waals surface area contributed by atoms with Gasteiger partial charge in [-0.1, -0.05) is 6.92 Å². The summed E-state index contributed by atoms with van der Waals surface area (Å²) in [5.41, 5.74) is 0.750. The van der Waals surface area contributed by atoms with Crippen molar-refractivity contribution in [3.63, 3.8) is 0 Å². The van der Waals surface area contributed by atoms with Gasteiger partial charge in [0.1, 0.15) is 4.90 Å². The first kappa shape index (κ1) is 16.7. The maximum absolute atomic E-state index is 11.7. The van der Waals surface area contributed by atoms with Gasteiger partial charge in [-0.2, -0.15) is 5.26 Å². The molecule has 1 aromatic rings. The van der Waals surface area contributed by atoms with Gasteiger partial charge >= 0.3 is 0 Å². The van der Waals surface area contributed by atoms with Gasteiger partial charge in [-0.15, -0.1) is 0 Å². The molecular formula is C15H22N4O2S. The van der Waals surface area contributed by atoms with Crippen LogP contribution in [0.2, 0.25) is 0 Å². The Kier molecular flexibility index (Phi) is 5.40. The summed E-state index contributed by atoms with van der Waals surface area (Å²) in [4.78, 5) is 2.40. The lowest BCUT2D eigenvalue weighted by Crippen LogP contribution is -2.24. The van der Waals surface area contributed by atoms with Gasteiger partial charge in [0, 0.05) is 13.1 Å². The van der Waals surface area contributed by atoms with E-state index >= 15 is 0 Å². The van der Waals surface area contributed by atoms with Crippen LogP contribution in [0.5, 0.6) is 0 Å². The van der Waals surface area contributed by atoms with Crippen molar-refractivity contribution in [2.24, 2.45) is 11.1 Å². The maximum atomic E-state index is 11.7. The monoisotopic (exact) mass is 322 g/mol. The van der Waals surface area contributed by atoms with Crippen LogP contribution in [0.4, 0.5) is 5.69 Å². The minimum absolute atomic E-state index is 0.0186. The molecule has 1 aliphatic heterocycles. The van der Waals surface area contributed by atoms with Crippen molar-refractivity contribution in [3.05, 3.63) is 23.8 Å². The Bertz CT molecular complexity index is 667. The van der Waals surface area contributed by atoms with Gasteiger partial charge in [0.15, 0.2) is 0 Å². The number of hydrogen-bond acceptors (Lipinski definition) is 5. The number of primary sulfonamides is 1. The highest BCUT2D eigenvalue weighted by Gasteiger charge is 2.22. The Labute approximate surface area is 132 Å². The second-order valence-corrected chi connectivity index (χ2v) is 7.23. The van der Waals surface area contributed by atoms with Crippen LogP contribution in [0.1, 0.15) is 25.3 Å². The normalized spacial score (nSPS) is 19.0. The first-order valence-corrected chi connectivity index (χ1v) is 9.02. The molecule has 6 nitrogen and oxygen atoms in total. The number of rotatable bonds is 6. The first-order valence-electron chi connectivity index (χ1n) is 7.47. The quantitative estimate of drug-likeness (QED) is 0.823. The van der Waals surface area contributed by atoms with Crippen LogP contribution in [0, 0.1) is 17.2 Å². The number of benzene rings is 1. The van der Waals surface area contributed by atoms with Crippen LogP contribution in [0.15, 0.2) is 23.1 Å². The summed E-state index contributed by atoms with van der Waals surface area (Å²) in [5.74, 6) is 0.496. The zero-order chi connectivity index (χ0) is 16.2. The van der Waals surface area contributed by atoms with E-state index < -0.39 is 10.0 Å². The predicted octanol–water partition coefficient (Wildman–Crippen LogP) is 1.35. The number of sulfonamides is 1. The van der Waals surface area contributed by atoms with E-state index in [2.05, 4.69) is 17.1 Å². The van der Waals surface area contributed by atoms with Gasteiger partial charge in [0.05, 0.1) is 17.3 Å². The van der Waals surface area contributed by atoms with Crippen molar-refractivity contribution < 1.29 is 8.42 Å². The van der Waals surface area contributed by atoms with E-state index in [-0.39, 0.29) is 10.5 Å². The van der Waals surface area contributed by atoms with Crippen LogP contribution >= 0.6 is 0 Å². The molecular weight excluding hydrogens is 300 g/mol. The fourth-order valence-electron chi connectivity index (χ4n) is 2.83. The van der Waals surface area contributed by atoms with Crippen molar-refractivity contribution in [1.82, 2.24) is 4.90 Å². The molecule has 0 saturated carbocycles. The number of nitrogens with zero attached hydrogens (tertiary/aromatic N) is 2. The summed E-state index contributed by atoms with van der Waals surface area (Å²) in [7, 11) is -3.86. The molecule has 2 rings (SSSR count). The van der Waals surface area contributed by atoms with Gasteiger partial charge < -0.3 is 10.2 Å².